The SMILES string of the molecule is CCN(CC(C)C)C(=O)c1ncccc1C#CCO. The number of hydrogen-bond acceptors (Lipinski definition) is 3. The molecule has 4 heteroatoms. The van der Waals surface area contributed by atoms with Crippen LogP contribution in [0.15, 0.2) is 18.3 Å². The molecule has 102 valence electrons. The van der Waals surface area contributed by atoms with E-state index in [1.807, 2.05) is 6.92 Å². The van der Waals surface area contributed by atoms with Crippen LogP contribution in [0.3, 0.4) is 0 Å². The molecular weight excluding hydrogens is 240 g/mol. The molecule has 1 aromatic heterocycles. The fraction of sp³-hybridized carbons (Fsp3) is 0.467. The Balaban J connectivity index is 3.04. The predicted molar refractivity (Wildman–Crippen MR) is 74.6 cm³/mol. The molecular formula is C15H20N2O2. The highest BCUT2D eigenvalue weighted by Crippen LogP contribution is 2.09. The van der Waals surface area contributed by atoms with Crippen molar-refractivity contribution in [1.29, 1.82) is 0 Å². The predicted octanol–water partition coefficient (Wildman–Crippen LogP) is 1.54. The molecule has 4 nitrogen and oxygen atoms in total. The minimum Gasteiger partial charge on any atom is -0.384 e. The Morgan fingerprint density at radius 3 is 2.84 bits per heavy atom. The van der Waals surface area contributed by atoms with Crippen LogP contribution < -0.4 is 0 Å². The van der Waals surface area contributed by atoms with E-state index in [-0.39, 0.29) is 12.5 Å². The first-order chi connectivity index (χ1) is 9.10. The second-order valence-electron chi connectivity index (χ2n) is 4.60. The Kier molecular flexibility index (Phi) is 6.04. The molecule has 0 bridgehead atoms. The summed E-state index contributed by atoms with van der Waals surface area (Å²) in [6.45, 7) is 7.19. The van der Waals surface area contributed by atoms with Crippen molar-refractivity contribution in [2.24, 2.45) is 5.92 Å². The zero-order valence-corrected chi connectivity index (χ0v) is 11.7. The van der Waals surface area contributed by atoms with Crippen LogP contribution in [0, 0.1) is 17.8 Å². The number of amides is 1. The number of nitrogens with zero attached hydrogens (tertiary/aromatic N) is 2. The molecule has 0 spiro atoms. The molecule has 1 heterocycles. The largest absolute Gasteiger partial charge is 0.384 e. The van der Waals surface area contributed by atoms with Gasteiger partial charge in [-0.1, -0.05) is 25.7 Å². The van der Waals surface area contributed by atoms with Crippen molar-refractivity contribution in [2.75, 3.05) is 19.7 Å². The molecule has 0 radical (unpaired) electrons. The van der Waals surface area contributed by atoms with E-state index in [0.29, 0.717) is 30.3 Å². The van der Waals surface area contributed by atoms with Gasteiger partial charge in [-0.25, -0.2) is 4.98 Å². The standard InChI is InChI=1S/C15H20N2O2/c1-4-17(11-12(2)3)15(19)14-13(8-6-10-18)7-5-9-16-14/h5,7,9,12,18H,4,10-11H2,1-3H3. The highest BCUT2D eigenvalue weighted by atomic mass is 16.2. The molecule has 19 heavy (non-hydrogen) atoms. The van der Waals surface area contributed by atoms with E-state index in [2.05, 4.69) is 30.7 Å². The summed E-state index contributed by atoms with van der Waals surface area (Å²) in [7, 11) is 0. The van der Waals surface area contributed by atoms with Crippen molar-refractivity contribution < 1.29 is 9.90 Å². The van der Waals surface area contributed by atoms with Crippen molar-refractivity contribution in [3.8, 4) is 11.8 Å². The molecule has 0 saturated heterocycles. The average Bonchev–Trinajstić information content (AvgIpc) is 2.41. The van der Waals surface area contributed by atoms with Gasteiger partial charge in [0, 0.05) is 19.3 Å². The van der Waals surface area contributed by atoms with Gasteiger partial charge in [-0.05, 0) is 25.0 Å². The lowest BCUT2D eigenvalue weighted by atomic mass is 10.1. The Hall–Kier alpha value is -1.86. The number of aliphatic hydroxyl groups excluding tert-OH is 1. The van der Waals surface area contributed by atoms with Crippen LogP contribution in [-0.4, -0.2) is 40.6 Å². The lowest BCUT2D eigenvalue weighted by Gasteiger charge is -2.22. The third-order valence-corrected chi connectivity index (χ3v) is 2.57. The number of hydrogen-bond donors (Lipinski definition) is 1. The second kappa shape index (κ2) is 7.55. The quantitative estimate of drug-likeness (QED) is 0.836. The van der Waals surface area contributed by atoms with Gasteiger partial charge in [0.15, 0.2) is 0 Å². The van der Waals surface area contributed by atoms with Crippen molar-refractivity contribution in [3.63, 3.8) is 0 Å². The minimum absolute atomic E-state index is 0.112. The molecule has 0 saturated carbocycles. The van der Waals surface area contributed by atoms with E-state index in [0.717, 1.165) is 0 Å². The third kappa shape index (κ3) is 4.38. The van der Waals surface area contributed by atoms with Crippen LogP contribution in [0.25, 0.3) is 0 Å². The van der Waals surface area contributed by atoms with E-state index in [9.17, 15) is 4.79 Å². The molecule has 0 aliphatic heterocycles. The monoisotopic (exact) mass is 260 g/mol. The zero-order valence-electron chi connectivity index (χ0n) is 11.7. The number of carbonyl (C=O) groups excluding carboxylic acids is 1. The van der Waals surface area contributed by atoms with Crippen molar-refractivity contribution in [1.82, 2.24) is 9.88 Å². The number of aromatic nitrogens is 1. The van der Waals surface area contributed by atoms with Gasteiger partial charge in [0.25, 0.3) is 5.91 Å². The Labute approximate surface area is 114 Å². The maximum atomic E-state index is 12.4. The normalized spacial score (nSPS) is 9.95. The number of carbonyl (C=O) groups is 1. The first kappa shape index (κ1) is 15.2. The molecule has 1 rings (SSSR count). The van der Waals surface area contributed by atoms with Gasteiger partial charge in [-0.15, -0.1) is 0 Å². The average molecular weight is 260 g/mol. The molecule has 1 amide bonds. The van der Waals surface area contributed by atoms with Crippen molar-refractivity contribution in [2.45, 2.75) is 20.8 Å². The smallest absolute Gasteiger partial charge is 0.273 e. The molecule has 0 aliphatic rings. The first-order valence-corrected chi connectivity index (χ1v) is 6.44. The minimum atomic E-state index is -0.230. The van der Waals surface area contributed by atoms with Crippen LogP contribution in [0.5, 0.6) is 0 Å². The van der Waals surface area contributed by atoms with E-state index in [4.69, 9.17) is 5.11 Å². The molecule has 0 atom stereocenters. The second-order valence-corrected chi connectivity index (χ2v) is 4.60. The number of pyridine rings is 1. The molecule has 0 aromatic carbocycles. The van der Waals surface area contributed by atoms with Crippen LogP contribution in [0.4, 0.5) is 0 Å². The number of rotatable bonds is 4. The van der Waals surface area contributed by atoms with Crippen LogP contribution in [0.1, 0.15) is 36.8 Å². The zero-order chi connectivity index (χ0) is 14.3. The highest BCUT2D eigenvalue weighted by Gasteiger charge is 2.18. The van der Waals surface area contributed by atoms with Gasteiger partial charge >= 0.3 is 0 Å². The van der Waals surface area contributed by atoms with Gasteiger partial charge < -0.3 is 10.0 Å². The topological polar surface area (TPSA) is 53.4 Å². The van der Waals surface area contributed by atoms with Gasteiger partial charge in [0.05, 0.1) is 5.56 Å². The fourth-order valence-electron chi connectivity index (χ4n) is 1.76. The van der Waals surface area contributed by atoms with E-state index in [1.165, 1.54) is 0 Å². The molecule has 1 aromatic rings. The van der Waals surface area contributed by atoms with E-state index in [1.54, 1.807) is 23.2 Å². The number of aliphatic hydroxyl groups is 1. The molecule has 1 N–H and O–H groups in total. The summed E-state index contributed by atoms with van der Waals surface area (Å²) in [6.07, 6.45) is 1.58. The fourth-order valence-corrected chi connectivity index (χ4v) is 1.76. The van der Waals surface area contributed by atoms with Gasteiger partial charge in [0.2, 0.25) is 0 Å². The van der Waals surface area contributed by atoms with Gasteiger partial charge in [-0.3, -0.25) is 4.79 Å². The summed E-state index contributed by atoms with van der Waals surface area (Å²) in [4.78, 5) is 18.3. The maximum absolute atomic E-state index is 12.4. The molecule has 0 aliphatic carbocycles. The van der Waals surface area contributed by atoms with Gasteiger partial charge in [0.1, 0.15) is 12.3 Å². The summed E-state index contributed by atoms with van der Waals surface area (Å²) < 4.78 is 0. The van der Waals surface area contributed by atoms with E-state index < -0.39 is 0 Å². The first-order valence-electron chi connectivity index (χ1n) is 6.44. The van der Waals surface area contributed by atoms with Crippen LogP contribution >= 0.6 is 0 Å². The lowest BCUT2D eigenvalue weighted by Crippen LogP contribution is -2.35. The lowest BCUT2D eigenvalue weighted by molar-refractivity contribution is 0.0739. The maximum Gasteiger partial charge on any atom is 0.273 e. The van der Waals surface area contributed by atoms with Crippen molar-refractivity contribution in [3.05, 3.63) is 29.6 Å². The summed E-state index contributed by atoms with van der Waals surface area (Å²) in [5.74, 6) is 5.61. The summed E-state index contributed by atoms with van der Waals surface area (Å²) >= 11 is 0. The van der Waals surface area contributed by atoms with Crippen molar-refractivity contribution >= 4 is 5.91 Å². The Bertz CT molecular complexity index is 486. The van der Waals surface area contributed by atoms with Crippen LogP contribution in [0.2, 0.25) is 0 Å². The highest BCUT2D eigenvalue weighted by molar-refractivity contribution is 5.94. The summed E-state index contributed by atoms with van der Waals surface area (Å²) in [5.41, 5.74) is 0.912. The summed E-state index contributed by atoms with van der Waals surface area (Å²) in [6, 6.07) is 3.48. The molecule has 0 unspecified atom stereocenters. The van der Waals surface area contributed by atoms with Crippen LogP contribution in [-0.2, 0) is 0 Å². The van der Waals surface area contributed by atoms with E-state index >= 15 is 0 Å². The third-order valence-electron chi connectivity index (χ3n) is 2.57. The molecule has 0 fully saturated rings. The summed E-state index contributed by atoms with van der Waals surface area (Å²) in [5, 5.41) is 8.74. The van der Waals surface area contributed by atoms with Gasteiger partial charge in [-0.2, -0.15) is 0 Å². The Morgan fingerprint density at radius 1 is 1.53 bits per heavy atom. The Morgan fingerprint density at radius 2 is 2.26 bits per heavy atom.